The molecular formula is C27H36N7O22P3S-6. The van der Waals surface area contributed by atoms with Crippen LogP contribution in [0, 0.1) is 5.41 Å². The van der Waals surface area contributed by atoms with Crippen molar-refractivity contribution in [3.63, 3.8) is 0 Å². The molecule has 3 rings (SSSR count). The van der Waals surface area contributed by atoms with Crippen LogP contribution in [0.5, 0.6) is 0 Å². The molecule has 2 unspecified atom stereocenters. The van der Waals surface area contributed by atoms with Crippen LogP contribution in [0.1, 0.15) is 39.3 Å². The number of nitrogen functional groups attached to an aromatic ring is 1. The van der Waals surface area contributed by atoms with Crippen LogP contribution in [0.2, 0.25) is 0 Å². The maximum Gasteiger partial charge on any atom is 0.274 e. The summed E-state index contributed by atoms with van der Waals surface area (Å²) in [7, 11) is -17.8. The lowest BCUT2D eigenvalue weighted by Gasteiger charge is -2.36. The van der Waals surface area contributed by atoms with Crippen molar-refractivity contribution in [3.05, 3.63) is 12.7 Å². The number of fused-ring (bicyclic) bond motifs is 1. The van der Waals surface area contributed by atoms with E-state index in [1.165, 1.54) is 0 Å². The topological polar surface area (TPSA) is 475 Å². The van der Waals surface area contributed by atoms with Gasteiger partial charge in [-0.2, -0.15) is 0 Å². The molecule has 2 aromatic rings. The Morgan fingerprint density at radius 2 is 1.67 bits per heavy atom. The number of carboxylic acid groups (broad SMARTS) is 2. The molecule has 2 aromatic heterocycles. The van der Waals surface area contributed by atoms with Gasteiger partial charge in [-0.05, 0) is 0 Å². The molecule has 1 aliphatic heterocycles. The number of hydrogen-bond acceptors (Lipinski definition) is 27. The third-order valence-corrected chi connectivity index (χ3v) is 11.9. The highest BCUT2D eigenvalue weighted by Crippen LogP contribution is 2.56. The number of aliphatic hydroxyl groups excluding tert-OH is 2. The molecule has 2 amide bonds. The van der Waals surface area contributed by atoms with E-state index in [-0.39, 0.29) is 42.2 Å². The number of carbonyl (C=O) groups excluding carboxylic acids is 5. The Hall–Kier alpha value is -3.54. The van der Waals surface area contributed by atoms with Crippen molar-refractivity contribution in [3.8, 4) is 0 Å². The van der Waals surface area contributed by atoms with Gasteiger partial charge in [-0.15, -0.1) is 0 Å². The number of nitrogens with zero attached hydrogens (tertiary/aromatic N) is 4. The predicted molar refractivity (Wildman–Crippen MR) is 182 cm³/mol. The summed E-state index contributed by atoms with van der Waals surface area (Å²) in [5.74, 6) is -6.19. The molecule has 1 aliphatic rings. The number of anilines is 1. The smallest absolute Gasteiger partial charge is 0.274 e. The van der Waals surface area contributed by atoms with Gasteiger partial charge >= 0.3 is 0 Å². The molecule has 8 atom stereocenters. The number of hydrogen-bond donors (Lipinski definition) is 6. The van der Waals surface area contributed by atoms with E-state index < -0.39 is 120 Å². The first-order chi connectivity index (χ1) is 27.6. The molecule has 1 fully saturated rings. The third-order valence-electron chi connectivity index (χ3n) is 7.99. The van der Waals surface area contributed by atoms with Gasteiger partial charge in [-0.25, -0.2) is 19.3 Å². The highest BCUT2D eigenvalue weighted by molar-refractivity contribution is 8.13. The number of thioether (sulfide) groups is 1. The molecule has 60 heavy (non-hydrogen) atoms. The van der Waals surface area contributed by atoms with E-state index in [4.69, 9.17) is 10.5 Å². The van der Waals surface area contributed by atoms with Gasteiger partial charge in [0.25, 0.3) is 15.6 Å². The number of amides is 2. The summed E-state index contributed by atoms with van der Waals surface area (Å²) >= 11 is 0.465. The van der Waals surface area contributed by atoms with Gasteiger partial charge in [0.15, 0.2) is 22.8 Å². The predicted octanol–water partition coefficient (Wildman–Crippen LogP) is -7.85. The Kier molecular flexibility index (Phi) is 17.4. The van der Waals surface area contributed by atoms with Crippen LogP contribution in [0.3, 0.4) is 0 Å². The van der Waals surface area contributed by atoms with E-state index >= 15 is 0 Å². The number of ether oxygens (including phenoxy) is 1. The highest BCUT2D eigenvalue weighted by atomic mass is 32.2. The van der Waals surface area contributed by atoms with E-state index in [9.17, 15) is 82.8 Å². The fourth-order valence-corrected chi connectivity index (χ4v) is 8.52. The van der Waals surface area contributed by atoms with Crippen LogP contribution in [0.4, 0.5) is 5.82 Å². The second kappa shape index (κ2) is 20.6. The van der Waals surface area contributed by atoms with Crippen LogP contribution in [-0.2, 0) is 60.3 Å². The first-order valence-electron chi connectivity index (χ1n) is 16.7. The number of phosphoric ester groups is 3. The van der Waals surface area contributed by atoms with E-state index in [0.29, 0.717) is 11.8 Å². The Balaban J connectivity index is 1.46. The largest absolute Gasteiger partial charge is 0.790 e. The average molecular weight is 936 g/mol. The standard InChI is InChI=1S/C27H42N7O22P3S/c1-26(2,20(40)23(41)30-4-3-14(35)29-5-6-60-16(38)8-27(44,25(42)43)7-15(36)37)10-53-59(50,51)56-58(48,49)52-9-13-19(55-57(45,46)47)18(39)24(54-13)34-12-33-17-21(28)31-11-32-22(17)34/h11-13,18-20,24,39-40,44H,3-10H2,1-2H3,(H,29,35)(H,30,41)(H,36,37)(H,42,43)(H,48,49)(H,50,51)(H2,28,31,32)(H2,45,46,47)/p-6/t13-,18-,19-,20+,24-,27-/m1/s1. The highest BCUT2D eigenvalue weighted by Gasteiger charge is 2.47. The number of phosphoric acid groups is 3. The molecule has 0 bridgehead atoms. The summed E-state index contributed by atoms with van der Waals surface area (Å²) in [5.41, 5.74) is 0.900. The Morgan fingerprint density at radius 3 is 2.28 bits per heavy atom. The minimum Gasteiger partial charge on any atom is -0.790 e. The van der Waals surface area contributed by atoms with E-state index in [1.54, 1.807) is 0 Å². The second-order valence-electron chi connectivity index (χ2n) is 13.2. The first-order valence-corrected chi connectivity index (χ1v) is 22.0. The molecule has 0 radical (unpaired) electrons. The number of carboxylic acids is 2. The van der Waals surface area contributed by atoms with Gasteiger partial charge in [0.2, 0.25) is 11.8 Å². The third kappa shape index (κ3) is 14.8. The van der Waals surface area contributed by atoms with Crippen molar-refractivity contribution < 1.29 is 105 Å². The van der Waals surface area contributed by atoms with Crippen LogP contribution >= 0.6 is 35.2 Å². The van der Waals surface area contributed by atoms with Crippen molar-refractivity contribution in [2.45, 2.75) is 69.4 Å². The van der Waals surface area contributed by atoms with E-state index in [2.05, 4.69) is 43.5 Å². The lowest BCUT2D eigenvalue weighted by molar-refractivity contribution is -0.347. The van der Waals surface area contributed by atoms with Gasteiger partial charge in [0.05, 0.1) is 39.8 Å². The van der Waals surface area contributed by atoms with Gasteiger partial charge < -0.3 is 93.9 Å². The molecular weight excluding hydrogens is 899 g/mol. The molecule has 3 heterocycles. The maximum absolute atomic E-state index is 12.5. The normalized spacial score (nSPS) is 21.9. The molecule has 29 nitrogen and oxygen atoms in total. The quantitative estimate of drug-likeness (QED) is 0.0420. The van der Waals surface area contributed by atoms with Crippen molar-refractivity contribution in [2.24, 2.45) is 5.41 Å². The Morgan fingerprint density at radius 1 is 1.02 bits per heavy atom. The number of imidazole rings is 1. The number of aromatic nitrogens is 4. The van der Waals surface area contributed by atoms with E-state index in [0.717, 1.165) is 31.1 Å². The summed E-state index contributed by atoms with van der Waals surface area (Å²) in [4.78, 5) is 118. The first kappa shape index (κ1) is 50.8. The van der Waals surface area contributed by atoms with Gasteiger partial charge in [-0.3, -0.25) is 28.1 Å². The zero-order valence-corrected chi connectivity index (χ0v) is 34.4. The van der Waals surface area contributed by atoms with Crippen molar-refractivity contribution >= 4 is 81.1 Å². The van der Waals surface area contributed by atoms with Crippen LogP contribution in [0.15, 0.2) is 12.7 Å². The average Bonchev–Trinajstić information content (AvgIpc) is 3.67. The number of nitrogens with two attached hydrogens (primary N) is 1. The molecule has 338 valence electrons. The van der Waals surface area contributed by atoms with Gasteiger partial charge in [0, 0.05) is 43.1 Å². The monoisotopic (exact) mass is 935 g/mol. The van der Waals surface area contributed by atoms with Crippen LogP contribution in [0.25, 0.3) is 11.2 Å². The fraction of sp³-hybridized carbons (Fsp3) is 0.630. The van der Waals surface area contributed by atoms with Crippen molar-refractivity contribution in [1.82, 2.24) is 30.2 Å². The molecule has 33 heteroatoms. The number of aliphatic hydroxyl groups is 3. The lowest BCUT2D eigenvalue weighted by Crippen LogP contribution is -2.52. The minimum atomic E-state index is -5.97. The number of aliphatic carboxylic acids is 2. The zero-order chi connectivity index (χ0) is 45.4. The summed E-state index contributed by atoms with van der Waals surface area (Å²) in [6.45, 7) is -0.709. The second-order valence-corrected chi connectivity index (χ2v) is 18.5. The number of nitrogens with one attached hydrogen (secondary N) is 2. The maximum atomic E-state index is 12.5. The molecule has 7 N–H and O–H groups in total. The molecule has 0 aromatic carbocycles. The molecule has 0 spiro atoms. The SMILES string of the molecule is CC(C)(COP(=O)([O-])OP(=O)([O-])OC[C@H]1O[C@@H](n2cnc3c(N)ncnc32)[C@H](O)[C@@H]1OP(=O)([O-])[O-])[C@@H](O)C(=O)NCCC(=O)NCCSC(=O)C[C@](O)(CC(=O)[O-])C(=O)[O-]. The molecule has 1 saturated heterocycles. The molecule has 0 aliphatic carbocycles. The Labute approximate surface area is 341 Å². The number of rotatable bonds is 24. The van der Waals surface area contributed by atoms with Crippen LogP contribution in [-0.4, -0.2) is 126 Å². The summed E-state index contributed by atoms with van der Waals surface area (Å²) in [5, 5.41) is 56.4. The summed E-state index contributed by atoms with van der Waals surface area (Å²) in [6.07, 6.45) is -10.6. The Bertz CT molecular complexity index is 2050. The van der Waals surface area contributed by atoms with Crippen molar-refractivity contribution in [1.29, 1.82) is 0 Å². The number of carbonyl (C=O) groups is 5. The fourth-order valence-electron chi connectivity index (χ4n) is 5.01. The molecule has 0 saturated carbocycles. The minimum absolute atomic E-state index is 0.0149. The lowest BCUT2D eigenvalue weighted by atomic mass is 9.87. The van der Waals surface area contributed by atoms with Crippen molar-refractivity contribution in [2.75, 3.05) is 37.8 Å². The van der Waals surface area contributed by atoms with Gasteiger partial charge in [-0.1, -0.05) is 25.6 Å². The summed E-state index contributed by atoms with van der Waals surface area (Å²) < 4.78 is 60.3. The van der Waals surface area contributed by atoms with E-state index in [1.807, 2.05) is 0 Å². The van der Waals surface area contributed by atoms with Crippen LogP contribution < -0.4 is 46.2 Å². The zero-order valence-electron chi connectivity index (χ0n) is 30.9. The summed E-state index contributed by atoms with van der Waals surface area (Å²) in [6, 6.07) is 0. The van der Waals surface area contributed by atoms with Gasteiger partial charge in [0.1, 0.15) is 41.9 Å².